The van der Waals surface area contributed by atoms with Crippen LogP contribution in [0.15, 0.2) is 18.2 Å². The van der Waals surface area contributed by atoms with Crippen LogP contribution in [0.1, 0.15) is 30.6 Å². The Kier molecular flexibility index (Phi) is 3.63. The maximum Gasteiger partial charge on any atom is 0.270 e. The SMILES string of the molecule is CC1(C)CC1CNC(=O)c1cc([N+](=O)[O-])ccc1NN. The fourth-order valence-corrected chi connectivity index (χ4v) is 2.20. The van der Waals surface area contributed by atoms with Crippen molar-refractivity contribution in [3.63, 3.8) is 0 Å². The third-order valence-electron chi connectivity index (χ3n) is 3.84. The highest BCUT2D eigenvalue weighted by atomic mass is 16.6. The molecule has 1 aromatic carbocycles. The van der Waals surface area contributed by atoms with Crippen LogP contribution in [0, 0.1) is 21.4 Å². The number of nitro groups is 1. The molecular weight excluding hydrogens is 260 g/mol. The Morgan fingerprint density at radius 3 is 2.70 bits per heavy atom. The molecule has 2 rings (SSSR count). The van der Waals surface area contributed by atoms with Crippen LogP contribution in [0.3, 0.4) is 0 Å². The zero-order valence-electron chi connectivity index (χ0n) is 11.5. The van der Waals surface area contributed by atoms with E-state index in [9.17, 15) is 14.9 Å². The lowest BCUT2D eigenvalue weighted by Gasteiger charge is -2.10. The van der Waals surface area contributed by atoms with Gasteiger partial charge in [-0.2, -0.15) is 0 Å². The van der Waals surface area contributed by atoms with Gasteiger partial charge in [-0.1, -0.05) is 13.8 Å². The van der Waals surface area contributed by atoms with E-state index in [0.717, 1.165) is 6.42 Å². The molecule has 1 fully saturated rings. The Bertz CT molecular complexity index is 557. The van der Waals surface area contributed by atoms with Gasteiger partial charge in [0.1, 0.15) is 0 Å². The molecule has 108 valence electrons. The first kappa shape index (κ1) is 14.3. The predicted octanol–water partition coefficient (Wildman–Crippen LogP) is 1.66. The van der Waals surface area contributed by atoms with E-state index in [2.05, 4.69) is 24.6 Å². The van der Waals surface area contributed by atoms with Gasteiger partial charge in [0.25, 0.3) is 11.6 Å². The molecule has 1 aromatic rings. The van der Waals surface area contributed by atoms with Gasteiger partial charge >= 0.3 is 0 Å². The van der Waals surface area contributed by atoms with E-state index in [1.165, 1.54) is 18.2 Å². The second-order valence-corrected chi connectivity index (χ2v) is 5.73. The van der Waals surface area contributed by atoms with Crippen molar-refractivity contribution in [2.75, 3.05) is 12.0 Å². The summed E-state index contributed by atoms with van der Waals surface area (Å²) in [6.45, 7) is 4.85. The minimum atomic E-state index is -0.541. The molecule has 0 spiro atoms. The van der Waals surface area contributed by atoms with E-state index in [1.807, 2.05) is 0 Å². The summed E-state index contributed by atoms with van der Waals surface area (Å²) in [6, 6.07) is 3.95. The number of nitrogens with one attached hydrogen (secondary N) is 2. The molecule has 0 aliphatic heterocycles. The molecule has 0 heterocycles. The number of nitrogens with two attached hydrogens (primary N) is 1. The zero-order valence-corrected chi connectivity index (χ0v) is 11.5. The van der Waals surface area contributed by atoms with Gasteiger partial charge in [0.2, 0.25) is 0 Å². The number of nitro benzene ring substituents is 1. The lowest BCUT2D eigenvalue weighted by molar-refractivity contribution is -0.384. The maximum absolute atomic E-state index is 12.1. The van der Waals surface area contributed by atoms with Gasteiger partial charge in [-0.05, 0) is 23.8 Å². The third kappa shape index (κ3) is 2.88. The highest BCUT2D eigenvalue weighted by Gasteiger charge is 2.45. The molecule has 1 aliphatic rings. The Hall–Kier alpha value is -2.15. The number of benzene rings is 1. The van der Waals surface area contributed by atoms with E-state index in [1.54, 1.807) is 0 Å². The minimum Gasteiger partial charge on any atom is -0.352 e. The smallest absolute Gasteiger partial charge is 0.270 e. The first-order valence-corrected chi connectivity index (χ1v) is 6.38. The Labute approximate surface area is 116 Å². The topological polar surface area (TPSA) is 110 Å². The average molecular weight is 278 g/mol. The van der Waals surface area contributed by atoms with Crippen LogP contribution in [0.2, 0.25) is 0 Å². The summed E-state index contributed by atoms with van der Waals surface area (Å²) in [5.41, 5.74) is 3.05. The van der Waals surface area contributed by atoms with Crippen molar-refractivity contribution in [3.8, 4) is 0 Å². The number of hydrogen-bond donors (Lipinski definition) is 3. The Morgan fingerprint density at radius 2 is 2.20 bits per heavy atom. The number of nitrogen functional groups attached to an aromatic ring is 1. The molecule has 0 bridgehead atoms. The number of carbonyl (C=O) groups excluding carboxylic acids is 1. The molecule has 7 heteroatoms. The van der Waals surface area contributed by atoms with Crippen LogP contribution in [-0.4, -0.2) is 17.4 Å². The molecule has 0 saturated heterocycles. The quantitative estimate of drug-likeness (QED) is 0.431. The van der Waals surface area contributed by atoms with E-state index in [-0.39, 0.29) is 22.6 Å². The normalized spacial score (nSPS) is 19.2. The van der Waals surface area contributed by atoms with Gasteiger partial charge in [0.05, 0.1) is 16.2 Å². The minimum absolute atomic E-state index is 0.138. The average Bonchev–Trinajstić information content (AvgIpc) is 3.02. The summed E-state index contributed by atoms with van der Waals surface area (Å²) >= 11 is 0. The molecule has 0 aromatic heterocycles. The van der Waals surface area contributed by atoms with Crippen LogP contribution >= 0.6 is 0 Å². The standard InChI is InChI=1S/C13H18N4O3/c1-13(2)6-8(13)7-15-12(18)10-5-9(17(19)20)3-4-11(10)16-14/h3-5,8,16H,6-7,14H2,1-2H3,(H,15,18). The number of hydrazine groups is 1. The summed E-state index contributed by atoms with van der Waals surface area (Å²) in [4.78, 5) is 22.3. The van der Waals surface area contributed by atoms with Crippen molar-refractivity contribution >= 4 is 17.3 Å². The van der Waals surface area contributed by atoms with Gasteiger partial charge in [-0.25, -0.2) is 0 Å². The molecule has 1 aliphatic carbocycles. The first-order valence-electron chi connectivity index (χ1n) is 6.38. The second kappa shape index (κ2) is 5.09. The van der Waals surface area contributed by atoms with Crippen molar-refractivity contribution in [2.45, 2.75) is 20.3 Å². The van der Waals surface area contributed by atoms with E-state index in [0.29, 0.717) is 18.2 Å². The summed E-state index contributed by atoms with van der Waals surface area (Å²) < 4.78 is 0. The first-order chi connectivity index (χ1) is 9.35. The second-order valence-electron chi connectivity index (χ2n) is 5.73. The number of anilines is 1. The molecular formula is C13H18N4O3. The number of rotatable bonds is 5. The molecule has 4 N–H and O–H groups in total. The van der Waals surface area contributed by atoms with Crippen LogP contribution in [0.5, 0.6) is 0 Å². The highest BCUT2D eigenvalue weighted by Crippen LogP contribution is 2.51. The van der Waals surface area contributed by atoms with Crippen LogP contribution in [-0.2, 0) is 0 Å². The van der Waals surface area contributed by atoms with E-state index < -0.39 is 4.92 Å². The van der Waals surface area contributed by atoms with Crippen LogP contribution in [0.4, 0.5) is 11.4 Å². The summed E-state index contributed by atoms with van der Waals surface area (Å²) in [6.07, 6.45) is 1.07. The molecule has 1 unspecified atom stereocenters. The molecule has 20 heavy (non-hydrogen) atoms. The summed E-state index contributed by atoms with van der Waals surface area (Å²) in [5, 5.41) is 13.6. The lowest BCUT2D eigenvalue weighted by atomic mass is 10.1. The monoisotopic (exact) mass is 278 g/mol. The predicted molar refractivity (Wildman–Crippen MR) is 75.1 cm³/mol. The number of amides is 1. The third-order valence-corrected chi connectivity index (χ3v) is 3.84. The van der Waals surface area contributed by atoms with E-state index >= 15 is 0 Å². The van der Waals surface area contributed by atoms with Crippen LogP contribution < -0.4 is 16.6 Å². The van der Waals surface area contributed by atoms with Gasteiger partial charge in [-0.15, -0.1) is 0 Å². The number of non-ortho nitro benzene ring substituents is 1. The van der Waals surface area contributed by atoms with Crippen molar-refractivity contribution in [1.82, 2.24) is 5.32 Å². The molecule has 1 amide bonds. The fraction of sp³-hybridized carbons (Fsp3) is 0.462. The van der Waals surface area contributed by atoms with Crippen molar-refractivity contribution in [3.05, 3.63) is 33.9 Å². The number of hydrogen-bond acceptors (Lipinski definition) is 5. The molecule has 7 nitrogen and oxygen atoms in total. The summed E-state index contributed by atoms with van der Waals surface area (Å²) in [7, 11) is 0. The molecule has 1 atom stereocenters. The molecule has 0 radical (unpaired) electrons. The van der Waals surface area contributed by atoms with Crippen LogP contribution in [0.25, 0.3) is 0 Å². The molecule has 1 saturated carbocycles. The number of carbonyl (C=O) groups is 1. The largest absolute Gasteiger partial charge is 0.352 e. The lowest BCUT2D eigenvalue weighted by Crippen LogP contribution is -2.28. The number of nitrogens with zero attached hydrogens (tertiary/aromatic N) is 1. The Morgan fingerprint density at radius 1 is 1.55 bits per heavy atom. The van der Waals surface area contributed by atoms with E-state index in [4.69, 9.17) is 5.84 Å². The van der Waals surface area contributed by atoms with Crippen molar-refractivity contribution in [1.29, 1.82) is 0 Å². The van der Waals surface area contributed by atoms with Gasteiger partial charge < -0.3 is 10.7 Å². The zero-order chi connectivity index (χ0) is 14.9. The van der Waals surface area contributed by atoms with Gasteiger partial charge in [-0.3, -0.25) is 20.8 Å². The Balaban J connectivity index is 2.11. The van der Waals surface area contributed by atoms with Crippen molar-refractivity contribution < 1.29 is 9.72 Å². The fourth-order valence-electron chi connectivity index (χ4n) is 2.20. The van der Waals surface area contributed by atoms with Gasteiger partial charge in [0.15, 0.2) is 0 Å². The maximum atomic E-state index is 12.1. The summed E-state index contributed by atoms with van der Waals surface area (Å²) in [5.74, 6) is 5.43. The van der Waals surface area contributed by atoms with Crippen molar-refractivity contribution in [2.24, 2.45) is 17.2 Å². The highest BCUT2D eigenvalue weighted by molar-refractivity contribution is 6.00. The van der Waals surface area contributed by atoms with Gasteiger partial charge in [0, 0.05) is 18.7 Å².